The predicted molar refractivity (Wildman–Crippen MR) is 73.5 cm³/mol. The highest BCUT2D eigenvalue weighted by molar-refractivity contribution is 5.04. The van der Waals surface area contributed by atoms with Crippen molar-refractivity contribution in [3.05, 3.63) is 11.6 Å². The van der Waals surface area contributed by atoms with Crippen LogP contribution in [0.2, 0.25) is 0 Å². The summed E-state index contributed by atoms with van der Waals surface area (Å²) in [6.07, 6.45) is 6.05. The van der Waals surface area contributed by atoms with Crippen LogP contribution in [0.5, 0.6) is 0 Å². The first-order valence-electron chi connectivity index (χ1n) is 7.28. The number of rotatable bonds is 4. The van der Waals surface area contributed by atoms with Gasteiger partial charge in [-0.05, 0) is 58.4 Å². The van der Waals surface area contributed by atoms with Crippen molar-refractivity contribution in [1.82, 2.24) is 14.8 Å². The molecular weight excluding hydrogens is 224 g/mol. The van der Waals surface area contributed by atoms with Gasteiger partial charge in [0.25, 0.3) is 0 Å². The number of hydrogen-bond acceptors (Lipinski definition) is 3. The maximum absolute atomic E-state index is 5.76. The molecule has 0 aliphatic heterocycles. The Balaban J connectivity index is 2.14. The van der Waals surface area contributed by atoms with E-state index in [9.17, 15) is 0 Å². The molecule has 1 saturated carbocycles. The highest BCUT2D eigenvalue weighted by Crippen LogP contribution is 2.35. The Hall–Kier alpha value is -0.900. The summed E-state index contributed by atoms with van der Waals surface area (Å²) in [7, 11) is 0. The van der Waals surface area contributed by atoms with Gasteiger partial charge < -0.3 is 10.3 Å². The largest absolute Gasteiger partial charge is 0.330 e. The Labute approximate surface area is 110 Å². The van der Waals surface area contributed by atoms with E-state index in [4.69, 9.17) is 5.73 Å². The lowest BCUT2D eigenvalue weighted by atomic mass is 9.81. The van der Waals surface area contributed by atoms with Crippen molar-refractivity contribution in [1.29, 1.82) is 0 Å². The van der Waals surface area contributed by atoms with Crippen molar-refractivity contribution in [2.24, 2.45) is 11.7 Å². The molecule has 4 heteroatoms. The van der Waals surface area contributed by atoms with E-state index in [0.717, 1.165) is 24.7 Å². The quantitative estimate of drug-likeness (QED) is 0.894. The zero-order valence-corrected chi connectivity index (χ0v) is 11.9. The fourth-order valence-corrected chi connectivity index (χ4v) is 3.05. The first-order valence-corrected chi connectivity index (χ1v) is 7.28. The highest BCUT2D eigenvalue weighted by Gasteiger charge is 2.27. The van der Waals surface area contributed by atoms with Crippen LogP contribution in [0.4, 0.5) is 0 Å². The summed E-state index contributed by atoms with van der Waals surface area (Å²) < 4.78 is 2.34. The standard InChI is InChI=1S/C14H26N4/c1-4-10(2)18-11(3)16-17-14(18)13-7-5-12(9-15)6-8-13/h10,12-13H,4-9,15H2,1-3H3. The molecule has 1 aromatic rings. The first-order chi connectivity index (χ1) is 8.67. The van der Waals surface area contributed by atoms with Crippen LogP contribution in [-0.4, -0.2) is 21.3 Å². The Morgan fingerprint density at radius 3 is 2.50 bits per heavy atom. The Morgan fingerprint density at radius 1 is 1.28 bits per heavy atom. The topological polar surface area (TPSA) is 56.7 Å². The summed E-state index contributed by atoms with van der Waals surface area (Å²) in [5.41, 5.74) is 5.76. The Morgan fingerprint density at radius 2 is 1.94 bits per heavy atom. The van der Waals surface area contributed by atoms with Gasteiger partial charge >= 0.3 is 0 Å². The minimum absolute atomic E-state index is 0.502. The molecule has 1 fully saturated rings. The summed E-state index contributed by atoms with van der Waals surface area (Å²) in [6, 6.07) is 0.502. The summed E-state index contributed by atoms with van der Waals surface area (Å²) in [5.74, 6) is 3.57. The summed E-state index contributed by atoms with van der Waals surface area (Å²) in [4.78, 5) is 0. The second kappa shape index (κ2) is 5.83. The van der Waals surface area contributed by atoms with Crippen LogP contribution in [0.15, 0.2) is 0 Å². The Bertz CT molecular complexity index is 377. The zero-order valence-electron chi connectivity index (χ0n) is 11.9. The van der Waals surface area contributed by atoms with Crippen molar-refractivity contribution in [3.8, 4) is 0 Å². The molecule has 0 aromatic carbocycles. The van der Waals surface area contributed by atoms with Crippen LogP contribution in [0.25, 0.3) is 0 Å². The fourth-order valence-electron chi connectivity index (χ4n) is 3.05. The maximum Gasteiger partial charge on any atom is 0.136 e. The van der Waals surface area contributed by atoms with Crippen molar-refractivity contribution in [2.45, 2.75) is 64.8 Å². The highest BCUT2D eigenvalue weighted by atomic mass is 15.3. The lowest BCUT2D eigenvalue weighted by molar-refractivity contribution is 0.315. The van der Waals surface area contributed by atoms with E-state index in [0.29, 0.717) is 12.0 Å². The molecule has 1 aromatic heterocycles. The van der Waals surface area contributed by atoms with Gasteiger partial charge in [-0.3, -0.25) is 0 Å². The van der Waals surface area contributed by atoms with Gasteiger partial charge in [0.1, 0.15) is 11.6 Å². The number of nitrogens with two attached hydrogens (primary N) is 1. The second-order valence-corrected chi connectivity index (χ2v) is 5.69. The van der Waals surface area contributed by atoms with Crippen LogP contribution in [0.1, 0.15) is 69.6 Å². The number of hydrogen-bond donors (Lipinski definition) is 1. The Kier molecular flexibility index (Phi) is 4.38. The first kappa shape index (κ1) is 13.5. The summed E-state index contributed by atoms with van der Waals surface area (Å²) in [5, 5.41) is 8.73. The summed E-state index contributed by atoms with van der Waals surface area (Å²) >= 11 is 0. The van der Waals surface area contributed by atoms with Gasteiger partial charge in [0, 0.05) is 12.0 Å². The number of aromatic nitrogens is 3. The molecule has 0 radical (unpaired) electrons. The molecule has 0 bridgehead atoms. The maximum atomic E-state index is 5.76. The molecule has 0 saturated heterocycles. The van der Waals surface area contributed by atoms with Gasteiger partial charge in [0.15, 0.2) is 0 Å². The minimum atomic E-state index is 0.502. The van der Waals surface area contributed by atoms with Gasteiger partial charge in [-0.1, -0.05) is 6.92 Å². The van der Waals surface area contributed by atoms with E-state index in [1.54, 1.807) is 0 Å². The molecule has 18 heavy (non-hydrogen) atoms. The number of aryl methyl sites for hydroxylation is 1. The van der Waals surface area contributed by atoms with Crippen molar-refractivity contribution < 1.29 is 0 Å². The predicted octanol–water partition coefficient (Wildman–Crippen LogP) is 2.79. The van der Waals surface area contributed by atoms with Gasteiger partial charge in [0.05, 0.1) is 0 Å². The lowest BCUT2D eigenvalue weighted by Crippen LogP contribution is -2.23. The molecule has 1 aliphatic carbocycles. The van der Waals surface area contributed by atoms with Crippen molar-refractivity contribution in [2.75, 3.05) is 6.54 Å². The summed E-state index contributed by atoms with van der Waals surface area (Å²) in [6.45, 7) is 7.38. The molecule has 4 nitrogen and oxygen atoms in total. The van der Waals surface area contributed by atoms with Gasteiger partial charge in [-0.25, -0.2) is 0 Å². The van der Waals surface area contributed by atoms with E-state index in [2.05, 4.69) is 35.5 Å². The normalized spacial score (nSPS) is 26.2. The van der Waals surface area contributed by atoms with Crippen molar-refractivity contribution in [3.63, 3.8) is 0 Å². The molecule has 0 amide bonds. The van der Waals surface area contributed by atoms with E-state index >= 15 is 0 Å². The molecule has 1 aliphatic rings. The molecule has 2 rings (SSSR count). The molecule has 2 N–H and O–H groups in total. The van der Waals surface area contributed by atoms with Crippen LogP contribution in [0.3, 0.4) is 0 Å². The van der Waals surface area contributed by atoms with E-state index in [1.807, 2.05) is 0 Å². The molecule has 102 valence electrons. The van der Waals surface area contributed by atoms with Crippen LogP contribution in [0, 0.1) is 12.8 Å². The van der Waals surface area contributed by atoms with Gasteiger partial charge in [-0.2, -0.15) is 0 Å². The smallest absolute Gasteiger partial charge is 0.136 e. The lowest BCUT2D eigenvalue weighted by Gasteiger charge is -2.28. The molecule has 1 unspecified atom stereocenters. The average molecular weight is 250 g/mol. The third kappa shape index (κ3) is 2.58. The van der Waals surface area contributed by atoms with Gasteiger partial charge in [0.2, 0.25) is 0 Å². The van der Waals surface area contributed by atoms with E-state index in [-0.39, 0.29) is 0 Å². The van der Waals surface area contributed by atoms with E-state index in [1.165, 1.54) is 31.5 Å². The van der Waals surface area contributed by atoms with Gasteiger partial charge in [-0.15, -0.1) is 10.2 Å². The average Bonchev–Trinajstić information content (AvgIpc) is 2.80. The fraction of sp³-hybridized carbons (Fsp3) is 0.857. The van der Waals surface area contributed by atoms with E-state index < -0.39 is 0 Å². The SMILES string of the molecule is CCC(C)n1c(C)nnc1C1CCC(CN)CC1. The van der Waals surface area contributed by atoms with Crippen LogP contribution in [-0.2, 0) is 0 Å². The molecule has 1 atom stereocenters. The second-order valence-electron chi connectivity index (χ2n) is 5.69. The van der Waals surface area contributed by atoms with Crippen molar-refractivity contribution >= 4 is 0 Å². The number of nitrogens with zero attached hydrogens (tertiary/aromatic N) is 3. The van der Waals surface area contributed by atoms with Crippen LogP contribution >= 0.6 is 0 Å². The zero-order chi connectivity index (χ0) is 13.1. The minimum Gasteiger partial charge on any atom is -0.330 e. The molecule has 0 spiro atoms. The monoisotopic (exact) mass is 250 g/mol. The molecule has 1 heterocycles. The van der Waals surface area contributed by atoms with Crippen LogP contribution < -0.4 is 5.73 Å². The molecular formula is C14H26N4. The third-order valence-corrected chi connectivity index (χ3v) is 4.47. The third-order valence-electron chi connectivity index (χ3n) is 4.47.